The van der Waals surface area contributed by atoms with E-state index in [-0.39, 0.29) is 16.6 Å². The van der Waals surface area contributed by atoms with Crippen molar-refractivity contribution in [3.05, 3.63) is 29.3 Å². The highest BCUT2D eigenvalue weighted by Gasteiger charge is 2.28. The number of hydrogen-bond acceptors (Lipinski definition) is 3. The molecule has 114 valence electrons. The third-order valence-corrected chi connectivity index (χ3v) is 3.54. The second kappa shape index (κ2) is 6.15. The third kappa shape index (κ3) is 4.50. The van der Waals surface area contributed by atoms with Crippen molar-refractivity contribution in [2.75, 3.05) is 13.6 Å². The van der Waals surface area contributed by atoms with Gasteiger partial charge in [-0.25, -0.2) is 0 Å². The van der Waals surface area contributed by atoms with Gasteiger partial charge in [0.1, 0.15) is 5.75 Å². The predicted molar refractivity (Wildman–Crippen MR) is 84.1 cm³/mol. The number of phenolic OH excluding ortho intramolecular Hbond substituents is 1. The summed E-state index contributed by atoms with van der Waals surface area (Å²) < 4.78 is 0. The Kier molecular flexibility index (Phi) is 5.22. The first-order valence-electron chi connectivity index (χ1n) is 7.23. The van der Waals surface area contributed by atoms with Gasteiger partial charge in [0.15, 0.2) is 0 Å². The van der Waals surface area contributed by atoms with Gasteiger partial charge in [-0.05, 0) is 42.0 Å². The number of hydrogen-bond donors (Lipinski definition) is 3. The van der Waals surface area contributed by atoms with Crippen LogP contribution in [0.15, 0.2) is 18.2 Å². The molecule has 0 fully saturated rings. The van der Waals surface area contributed by atoms with E-state index >= 15 is 0 Å². The molecule has 1 aromatic carbocycles. The summed E-state index contributed by atoms with van der Waals surface area (Å²) in [6.07, 6.45) is 0.345. The lowest BCUT2D eigenvalue weighted by molar-refractivity contribution is 0.173. The molecule has 1 atom stereocenters. The second-order valence-electron chi connectivity index (χ2n) is 7.47. The molecule has 0 aliphatic heterocycles. The fourth-order valence-electron chi connectivity index (χ4n) is 2.97. The number of nitrogens with one attached hydrogen (secondary N) is 1. The van der Waals surface area contributed by atoms with Crippen LogP contribution in [-0.4, -0.2) is 23.8 Å². The Morgan fingerprint density at radius 2 is 1.75 bits per heavy atom. The maximum Gasteiger partial charge on any atom is 0.121 e. The van der Waals surface area contributed by atoms with Gasteiger partial charge >= 0.3 is 0 Å². The zero-order valence-electron chi connectivity index (χ0n) is 13.6. The molecule has 3 N–H and O–H groups in total. The van der Waals surface area contributed by atoms with Crippen LogP contribution in [0.3, 0.4) is 0 Å². The first-order chi connectivity index (χ1) is 9.07. The van der Waals surface area contributed by atoms with E-state index in [1.165, 1.54) is 0 Å². The van der Waals surface area contributed by atoms with Crippen molar-refractivity contribution in [2.24, 2.45) is 5.41 Å². The number of aliphatic hydroxyl groups is 1. The summed E-state index contributed by atoms with van der Waals surface area (Å²) in [6, 6.07) is 5.58. The lowest BCUT2D eigenvalue weighted by Crippen LogP contribution is -2.25. The minimum Gasteiger partial charge on any atom is -0.508 e. The van der Waals surface area contributed by atoms with E-state index in [0.717, 1.165) is 12.0 Å². The van der Waals surface area contributed by atoms with Crippen molar-refractivity contribution >= 4 is 0 Å². The normalized spacial score (nSPS) is 14.3. The fraction of sp³-hybridized carbons (Fsp3) is 0.647. The van der Waals surface area contributed by atoms with Gasteiger partial charge in [0, 0.05) is 12.1 Å². The van der Waals surface area contributed by atoms with Crippen LogP contribution in [0.25, 0.3) is 0 Å². The van der Waals surface area contributed by atoms with Gasteiger partial charge in [-0.15, -0.1) is 0 Å². The van der Waals surface area contributed by atoms with E-state index in [2.05, 4.69) is 39.9 Å². The summed E-state index contributed by atoms with van der Waals surface area (Å²) >= 11 is 0. The van der Waals surface area contributed by atoms with Crippen molar-refractivity contribution < 1.29 is 10.2 Å². The quantitative estimate of drug-likeness (QED) is 0.774. The molecular formula is C17H29NO2. The van der Waals surface area contributed by atoms with E-state index in [1.54, 1.807) is 13.1 Å². The summed E-state index contributed by atoms with van der Waals surface area (Å²) in [4.78, 5) is 0. The van der Waals surface area contributed by atoms with E-state index in [9.17, 15) is 10.2 Å². The molecule has 0 aliphatic carbocycles. The molecule has 0 saturated carbocycles. The van der Waals surface area contributed by atoms with Gasteiger partial charge in [-0.1, -0.05) is 40.7 Å². The van der Waals surface area contributed by atoms with Crippen molar-refractivity contribution in [3.8, 4) is 5.75 Å². The van der Waals surface area contributed by atoms with Gasteiger partial charge in [-0.2, -0.15) is 0 Å². The van der Waals surface area contributed by atoms with Gasteiger partial charge in [-0.3, -0.25) is 0 Å². The first kappa shape index (κ1) is 17.0. The molecule has 0 aromatic heterocycles. The first-order valence-corrected chi connectivity index (χ1v) is 7.23. The number of phenols is 1. The molecule has 0 saturated heterocycles. The lowest BCUT2D eigenvalue weighted by Gasteiger charge is -2.33. The molecule has 1 aromatic rings. The largest absolute Gasteiger partial charge is 0.508 e. The average Bonchev–Trinajstić information content (AvgIpc) is 2.26. The topological polar surface area (TPSA) is 52.5 Å². The van der Waals surface area contributed by atoms with E-state index in [1.807, 2.05) is 12.1 Å². The molecule has 0 radical (unpaired) electrons. The molecule has 3 nitrogen and oxygen atoms in total. The maximum absolute atomic E-state index is 10.1. The monoisotopic (exact) mass is 279 g/mol. The van der Waals surface area contributed by atoms with Crippen molar-refractivity contribution in [2.45, 2.75) is 52.6 Å². The van der Waals surface area contributed by atoms with Crippen LogP contribution in [-0.2, 0) is 5.41 Å². The molecule has 20 heavy (non-hydrogen) atoms. The molecule has 1 rings (SSSR count). The summed E-state index contributed by atoms with van der Waals surface area (Å²) in [5, 5.41) is 23.0. The highest BCUT2D eigenvalue weighted by Crippen LogP contribution is 2.38. The molecule has 0 bridgehead atoms. The summed E-state index contributed by atoms with van der Waals surface area (Å²) in [5.74, 6) is 0.156. The third-order valence-electron chi connectivity index (χ3n) is 3.54. The zero-order chi connectivity index (χ0) is 15.6. The van der Waals surface area contributed by atoms with Crippen molar-refractivity contribution in [1.29, 1.82) is 0 Å². The molecular weight excluding hydrogens is 250 g/mol. The van der Waals surface area contributed by atoms with Crippen LogP contribution >= 0.6 is 0 Å². The fourth-order valence-corrected chi connectivity index (χ4v) is 2.97. The molecule has 0 heterocycles. The average molecular weight is 279 g/mol. The van der Waals surface area contributed by atoms with E-state index in [4.69, 9.17) is 0 Å². The Labute approximate surface area is 123 Å². The molecule has 0 spiro atoms. The summed E-state index contributed by atoms with van der Waals surface area (Å²) in [7, 11) is 1.79. The van der Waals surface area contributed by atoms with Gasteiger partial charge in [0.2, 0.25) is 0 Å². The Morgan fingerprint density at radius 3 is 2.25 bits per heavy atom. The Hall–Kier alpha value is -1.06. The van der Waals surface area contributed by atoms with Gasteiger partial charge in [0.25, 0.3) is 0 Å². The van der Waals surface area contributed by atoms with Gasteiger partial charge in [0.05, 0.1) is 6.10 Å². The molecule has 1 unspecified atom stereocenters. The van der Waals surface area contributed by atoms with Crippen molar-refractivity contribution in [1.82, 2.24) is 5.32 Å². The van der Waals surface area contributed by atoms with Gasteiger partial charge < -0.3 is 15.5 Å². The molecule has 0 amide bonds. The lowest BCUT2D eigenvalue weighted by atomic mass is 9.72. The predicted octanol–water partition coefficient (Wildman–Crippen LogP) is 3.36. The van der Waals surface area contributed by atoms with Crippen molar-refractivity contribution in [3.63, 3.8) is 0 Å². The summed E-state index contributed by atoms with van der Waals surface area (Å²) in [5.41, 5.74) is 1.97. The van der Waals surface area contributed by atoms with Crippen LogP contribution in [0, 0.1) is 5.41 Å². The molecule has 0 aliphatic rings. The minimum atomic E-state index is -0.689. The van der Waals surface area contributed by atoms with Crippen LogP contribution in [0.4, 0.5) is 0 Å². The number of likely N-dealkylation sites (N-methyl/N-ethyl adjacent to an activating group) is 1. The van der Waals surface area contributed by atoms with Crippen LogP contribution < -0.4 is 5.32 Å². The second-order valence-corrected chi connectivity index (χ2v) is 7.47. The number of rotatable bonds is 5. The van der Waals surface area contributed by atoms with E-state index in [0.29, 0.717) is 12.1 Å². The Bertz CT molecular complexity index is 447. The van der Waals surface area contributed by atoms with E-state index < -0.39 is 6.10 Å². The number of benzene rings is 1. The highest BCUT2D eigenvalue weighted by molar-refractivity contribution is 5.40. The maximum atomic E-state index is 10.1. The molecule has 3 heteroatoms. The van der Waals surface area contributed by atoms with Crippen LogP contribution in [0.2, 0.25) is 0 Å². The minimum absolute atomic E-state index is 0.0000627. The number of aliphatic hydroxyl groups excluding tert-OH is 1. The summed E-state index contributed by atoms with van der Waals surface area (Å²) in [6.45, 7) is 11.5. The SMILES string of the molecule is CNCC(O)c1cc(C(C)(C)CC(C)(C)C)ccc1O. The van der Waals surface area contributed by atoms with Crippen LogP contribution in [0.5, 0.6) is 5.75 Å². The smallest absolute Gasteiger partial charge is 0.121 e. The highest BCUT2D eigenvalue weighted by atomic mass is 16.3. The standard InChI is InChI=1S/C17H29NO2/c1-16(2,3)11-17(4,5)12-7-8-14(19)13(9-12)15(20)10-18-6/h7-9,15,18-20H,10-11H2,1-6H3. The van der Waals surface area contributed by atoms with Crippen LogP contribution in [0.1, 0.15) is 58.3 Å². The Balaban J connectivity index is 3.11. The zero-order valence-corrected chi connectivity index (χ0v) is 13.6. The number of aromatic hydroxyl groups is 1. The Morgan fingerprint density at radius 1 is 1.15 bits per heavy atom.